The van der Waals surface area contributed by atoms with Crippen LogP contribution in [0, 0.1) is 0 Å². The Morgan fingerprint density at radius 3 is 2.08 bits per heavy atom. The van der Waals surface area contributed by atoms with Crippen molar-refractivity contribution in [3.63, 3.8) is 0 Å². The van der Waals surface area contributed by atoms with Crippen molar-refractivity contribution in [3.8, 4) is 0 Å². The zero-order chi connectivity index (χ0) is 18.7. The van der Waals surface area contributed by atoms with E-state index in [1.165, 1.54) is 11.3 Å². The Morgan fingerprint density at radius 2 is 1.54 bits per heavy atom. The fourth-order valence-electron chi connectivity index (χ4n) is 3.30. The summed E-state index contributed by atoms with van der Waals surface area (Å²) in [5, 5.41) is 0.0402. The minimum atomic E-state index is 0.0402. The van der Waals surface area contributed by atoms with E-state index in [9.17, 15) is 4.79 Å². The highest BCUT2D eigenvalue weighted by molar-refractivity contribution is 8.00. The molecule has 26 heavy (non-hydrogen) atoms. The summed E-state index contributed by atoms with van der Waals surface area (Å²) >= 11 is 1.70. The first-order chi connectivity index (χ1) is 12.5. The van der Waals surface area contributed by atoms with Gasteiger partial charge in [0.25, 0.3) is 0 Å². The van der Waals surface area contributed by atoms with Gasteiger partial charge in [-0.05, 0) is 55.8 Å². The molecule has 138 valence electrons. The van der Waals surface area contributed by atoms with Crippen molar-refractivity contribution in [2.24, 2.45) is 0 Å². The molecule has 5 heteroatoms. The lowest BCUT2D eigenvalue weighted by molar-refractivity contribution is -0.115. The SMILES string of the molecule is CCN(CC)c1ccc(C2SCC(=O)N2c2ccc(N(C)C)cc2)cc1. The molecule has 4 nitrogen and oxygen atoms in total. The number of thioether (sulfide) groups is 1. The average Bonchev–Trinajstić information content (AvgIpc) is 3.05. The maximum atomic E-state index is 12.5. The Bertz CT molecular complexity index is 739. The third kappa shape index (κ3) is 3.68. The summed E-state index contributed by atoms with van der Waals surface area (Å²) in [6, 6.07) is 16.8. The molecule has 2 aromatic carbocycles. The number of amides is 1. The first-order valence-electron chi connectivity index (χ1n) is 9.11. The number of benzene rings is 2. The Kier molecular flexibility index (Phi) is 5.77. The van der Waals surface area contributed by atoms with E-state index in [0.29, 0.717) is 5.75 Å². The molecule has 0 radical (unpaired) electrons. The smallest absolute Gasteiger partial charge is 0.238 e. The van der Waals surface area contributed by atoms with Gasteiger partial charge in [-0.15, -0.1) is 11.8 Å². The van der Waals surface area contributed by atoms with Crippen LogP contribution in [0.2, 0.25) is 0 Å². The predicted molar refractivity (Wildman–Crippen MR) is 113 cm³/mol. The van der Waals surface area contributed by atoms with Crippen molar-refractivity contribution >= 4 is 34.7 Å². The molecule has 2 aromatic rings. The lowest BCUT2D eigenvalue weighted by Gasteiger charge is -2.26. The van der Waals surface area contributed by atoms with Crippen LogP contribution in [-0.4, -0.2) is 38.8 Å². The van der Waals surface area contributed by atoms with E-state index in [4.69, 9.17) is 0 Å². The quantitative estimate of drug-likeness (QED) is 0.755. The summed E-state index contributed by atoms with van der Waals surface area (Å²) in [6.45, 7) is 6.33. The minimum absolute atomic E-state index is 0.0402. The van der Waals surface area contributed by atoms with Crippen molar-refractivity contribution < 1.29 is 4.79 Å². The van der Waals surface area contributed by atoms with E-state index < -0.39 is 0 Å². The zero-order valence-electron chi connectivity index (χ0n) is 16.0. The van der Waals surface area contributed by atoms with E-state index in [2.05, 4.69) is 60.0 Å². The van der Waals surface area contributed by atoms with Crippen LogP contribution in [0.3, 0.4) is 0 Å². The van der Waals surface area contributed by atoms with Gasteiger partial charge in [-0.25, -0.2) is 0 Å². The van der Waals surface area contributed by atoms with Gasteiger partial charge in [-0.1, -0.05) is 12.1 Å². The molecule has 1 aliphatic heterocycles. The molecule has 0 aromatic heterocycles. The van der Waals surface area contributed by atoms with Crippen LogP contribution >= 0.6 is 11.8 Å². The maximum Gasteiger partial charge on any atom is 0.238 e. The van der Waals surface area contributed by atoms with Crippen molar-refractivity contribution in [1.82, 2.24) is 0 Å². The molecule has 1 fully saturated rings. The van der Waals surface area contributed by atoms with Gasteiger partial charge in [0.1, 0.15) is 5.37 Å². The van der Waals surface area contributed by atoms with Crippen molar-refractivity contribution in [2.45, 2.75) is 19.2 Å². The van der Waals surface area contributed by atoms with Crippen LogP contribution in [0.5, 0.6) is 0 Å². The van der Waals surface area contributed by atoms with Crippen molar-refractivity contribution in [1.29, 1.82) is 0 Å². The van der Waals surface area contributed by atoms with Gasteiger partial charge in [0.15, 0.2) is 0 Å². The van der Waals surface area contributed by atoms with Gasteiger partial charge < -0.3 is 9.80 Å². The van der Waals surface area contributed by atoms with E-state index in [1.807, 2.05) is 31.1 Å². The highest BCUT2D eigenvalue weighted by atomic mass is 32.2. The molecule has 1 unspecified atom stereocenters. The van der Waals surface area contributed by atoms with Gasteiger partial charge in [0, 0.05) is 44.2 Å². The molecule has 0 aliphatic carbocycles. The first-order valence-corrected chi connectivity index (χ1v) is 10.2. The van der Waals surface area contributed by atoms with E-state index in [1.54, 1.807) is 11.8 Å². The summed E-state index contributed by atoms with van der Waals surface area (Å²) in [4.78, 5) is 18.8. The number of hydrogen-bond acceptors (Lipinski definition) is 4. The Balaban J connectivity index is 1.85. The molecule has 0 spiro atoms. The lowest BCUT2D eigenvalue weighted by atomic mass is 10.1. The van der Waals surface area contributed by atoms with Crippen molar-refractivity contribution in [3.05, 3.63) is 54.1 Å². The molecule has 1 atom stereocenters. The molecule has 1 saturated heterocycles. The topological polar surface area (TPSA) is 26.8 Å². The fraction of sp³-hybridized carbons (Fsp3) is 0.381. The Labute approximate surface area is 160 Å². The fourth-order valence-corrected chi connectivity index (χ4v) is 4.48. The number of carbonyl (C=O) groups is 1. The van der Waals surface area contributed by atoms with Crippen molar-refractivity contribution in [2.75, 3.05) is 47.6 Å². The summed E-state index contributed by atoms with van der Waals surface area (Å²) < 4.78 is 0. The molecular formula is C21H27N3OS. The zero-order valence-corrected chi connectivity index (χ0v) is 16.8. The molecule has 1 amide bonds. The third-order valence-corrected chi connectivity index (χ3v) is 6.03. The Morgan fingerprint density at radius 1 is 0.962 bits per heavy atom. The summed E-state index contributed by atoms with van der Waals surface area (Å²) in [5.74, 6) is 0.697. The molecule has 0 N–H and O–H groups in total. The standard InChI is InChI=1S/C21H27N3OS/c1-5-23(6-2)18-9-7-16(8-10-18)21-24(20(25)15-26-21)19-13-11-17(12-14-19)22(3)4/h7-14,21H,5-6,15H2,1-4H3. The molecule has 3 rings (SSSR count). The van der Waals surface area contributed by atoms with Gasteiger partial charge in [-0.2, -0.15) is 0 Å². The van der Waals surface area contributed by atoms with Crippen LogP contribution in [0.1, 0.15) is 24.8 Å². The molecular weight excluding hydrogens is 342 g/mol. The first kappa shape index (κ1) is 18.6. The van der Waals surface area contributed by atoms with Crippen LogP contribution < -0.4 is 14.7 Å². The second-order valence-electron chi connectivity index (χ2n) is 6.60. The molecule has 0 saturated carbocycles. The number of nitrogens with zero attached hydrogens (tertiary/aromatic N) is 3. The second-order valence-corrected chi connectivity index (χ2v) is 7.67. The summed E-state index contributed by atoms with van der Waals surface area (Å²) in [6.07, 6.45) is 0. The largest absolute Gasteiger partial charge is 0.378 e. The number of carbonyl (C=O) groups excluding carboxylic acids is 1. The van der Waals surface area contributed by atoms with Gasteiger partial charge in [0.2, 0.25) is 5.91 Å². The molecule has 0 bridgehead atoms. The summed E-state index contributed by atoms with van der Waals surface area (Å²) in [5.41, 5.74) is 4.50. The lowest BCUT2D eigenvalue weighted by Crippen LogP contribution is -2.28. The minimum Gasteiger partial charge on any atom is -0.378 e. The molecule has 1 aliphatic rings. The number of rotatable bonds is 6. The monoisotopic (exact) mass is 369 g/mol. The van der Waals surface area contributed by atoms with Gasteiger partial charge in [-0.3, -0.25) is 9.69 Å². The Hall–Kier alpha value is -2.14. The van der Waals surface area contributed by atoms with E-state index in [-0.39, 0.29) is 11.3 Å². The second kappa shape index (κ2) is 8.04. The molecule has 1 heterocycles. The van der Waals surface area contributed by atoms with E-state index >= 15 is 0 Å². The van der Waals surface area contributed by atoms with Crippen LogP contribution in [0.25, 0.3) is 0 Å². The third-order valence-electron chi connectivity index (χ3n) is 4.82. The summed E-state index contributed by atoms with van der Waals surface area (Å²) in [7, 11) is 4.04. The van der Waals surface area contributed by atoms with E-state index in [0.717, 1.165) is 24.5 Å². The number of anilines is 3. The maximum absolute atomic E-state index is 12.5. The van der Waals surface area contributed by atoms with Crippen LogP contribution in [0.15, 0.2) is 48.5 Å². The number of hydrogen-bond donors (Lipinski definition) is 0. The average molecular weight is 370 g/mol. The van der Waals surface area contributed by atoms with Gasteiger partial charge >= 0.3 is 0 Å². The van der Waals surface area contributed by atoms with Crippen LogP contribution in [0.4, 0.5) is 17.1 Å². The highest BCUT2D eigenvalue weighted by Crippen LogP contribution is 2.42. The normalized spacial score (nSPS) is 16.8. The predicted octanol–water partition coefficient (Wildman–Crippen LogP) is 4.38. The van der Waals surface area contributed by atoms with Crippen LogP contribution in [-0.2, 0) is 4.79 Å². The van der Waals surface area contributed by atoms with Gasteiger partial charge in [0.05, 0.1) is 5.75 Å². The highest BCUT2D eigenvalue weighted by Gasteiger charge is 2.34.